The first kappa shape index (κ1) is 13.8. The van der Waals surface area contributed by atoms with E-state index < -0.39 is 0 Å². The molecule has 1 aromatic carbocycles. The summed E-state index contributed by atoms with van der Waals surface area (Å²) in [6.07, 6.45) is 0.746. The van der Waals surface area contributed by atoms with Crippen LogP contribution in [0.3, 0.4) is 0 Å². The molecule has 1 heterocycles. The summed E-state index contributed by atoms with van der Waals surface area (Å²) in [5, 5.41) is 0. The van der Waals surface area contributed by atoms with E-state index in [-0.39, 0.29) is 23.7 Å². The van der Waals surface area contributed by atoms with E-state index in [2.05, 4.69) is 0 Å². The van der Waals surface area contributed by atoms with Crippen LogP contribution in [-0.2, 0) is 4.79 Å². The third-order valence-electron chi connectivity index (χ3n) is 3.68. The van der Waals surface area contributed by atoms with Gasteiger partial charge in [0.15, 0.2) is 0 Å². The molecule has 1 amide bonds. The predicted molar refractivity (Wildman–Crippen MR) is 70.2 cm³/mol. The summed E-state index contributed by atoms with van der Waals surface area (Å²) in [6, 6.07) is 4.24. The molecule has 0 spiro atoms. The van der Waals surface area contributed by atoms with Crippen LogP contribution in [0, 0.1) is 11.7 Å². The molecule has 2 atom stereocenters. The zero-order valence-electron chi connectivity index (χ0n) is 11.2. The number of amides is 1. The Morgan fingerprint density at radius 2 is 2.32 bits per heavy atom. The van der Waals surface area contributed by atoms with Crippen LogP contribution in [0.5, 0.6) is 5.75 Å². The lowest BCUT2D eigenvalue weighted by Crippen LogP contribution is -2.29. The monoisotopic (exact) mass is 266 g/mol. The molecule has 2 rings (SSSR count). The average Bonchev–Trinajstić information content (AvgIpc) is 2.83. The van der Waals surface area contributed by atoms with E-state index in [0.717, 1.165) is 6.42 Å². The summed E-state index contributed by atoms with van der Waals surface area (Å²) < 4.78 is 18.7. The molecule has 1 aliphatic heterocycles. The van der Waals surface area contributed by atoms with Crippen molar-refractivity contribution in [2.75, 3.05) is 20.2 Å². The molecular formula is C14H19FN2O2. The fourth-order valence-corrected chi connectivity index (χ4v) is 2.70. The van der Waals surface area contributed by atoms with E-state index in [1.165, 1.54) is 19.1 Å². The summed E-state index contributed by atoms with van der Waals surface area (Å²) in [7, 11) is 1.55. The predicted octanol–water partition coefficient (Wildman–Crippen LogP) is 1.70. The van der Waals surface area contributed by atoms with Gasteiger partial charge in [0, 0.05) is 19.0 Å². The van der Waals surface area contributed by atoms with Crippen molar-refractivity contribution in [1.29, 1.82) is 0 Å². The summed E-state index contributed by atoms with van der Waals surface area (Å²) in [6.45, 7) is 2.67. The van der Waals surface area contributed by atoms with Crippen molar-refractivity contribution in [1.82, 2.24) is 4.90 Å². The minimum absolute atomic E-state index is 0.0211. The van der Waals surface area contributed by atoms with Gasteiger partial charge in [0.1, 0.15) is 11.6 Å². The van der Waals surface area contributed by atoms with Crippen molar-refractivity contribution in [2.24, 2.45) is 11.7 Å². The average molecular weight is 266 g/mol. The summed E-state index contributed by atoms with van der Waals surface area (Å²) in [5.74, 6) is 0.514. The Balaban J connectivity index is 2.38. The van der Waals surface area contributed by atoms with Crippen LogP contribution in [0.15, 0.2) is 18.2 Å². The van der Waals surface area contributed by atoms with Gasteiger partial charge in [-0.3, -0.25) is 4.79 Å². The highest BCUT2D eigenvalue weighted by molar-refractivity contribution is 5.74. The van der Waals surface area contributed by atoms with Crippen LogP contribution in [-0.4, -0.2) is 31.0 Å². The highest BCUT2D eigenvalue weighted by atomic mass is 19.1. The smallest absolute Gasteiger partial charge is 0.219 e. The van der Waals surface area contributed by atoms with Crippen molar-refractivity contribution >= 4 is 5.91 Å². The number of halogens is 1. The van der Waals surface area contributed by atoms with Gasteiger partial charge < -0.3 is 15.4 Å². The van der Waals surface area contributed by atoms with E-state index in [0.29, 0.717) is 24.4 Å². The van der Waals surface area contributed by atoms with Crippen LogP contribution < -0.4 is 10.5 Å². The standard InChI is InChI=1S/C14H19FN2O2/c1-9(18)17-8-10(7-16)5-13(17)12-6-11(15)3-4-14(12)19-2/h3-4,6,10,13H,5,7-8,16H2,1-2H3. The summed E-state index contributed by atoms with van der Waals surface area (Å²) in [5.41, 5.74) is 6.41. The molecule has 5 heteroatoms. The maximum absolute atomic E-state index is 13.5. The highest BCUT2D eigenvalue weighted by Crippen LogP contribution is 2.39. The zero-order valence-corrected chi connectivity index (χ0v) is 11.2. The van der Waals surface area contributed by atoms with E-state index in [9.17, 15) is 9.18 Å². The molecule has 19 heavy (non-hydrogen) atoms. The van der Waals surface area contributed by atoms with E-state index in [4.69, 9.17) is 10.5 Å². The summed E-state index contributed by atoms with van der Waals surface area (Å²) >= 11 is 0. The SMILES string of the molecule is COc1ccc(F)cc1C1CC(CN)CN1C(C)=O. The topological polar surface area (TPSA) is 55.6 Å². The molecule has 4 nitrogen and oxygen atoms in total. The Kier molecular flexibility index (Phi) is 4.04. The van der Waals surface area contributed by atoms with Gasteiger partial charge in [-0.05, 0) is 37.1 Å². The molecule has 0 bridgehead atoms. The van der Waals surface area contributed by atoms with Crippen LogP contribution in [0.1, 0.15) is 24.9 Å². The fourth-order valence-electron chi connectivity index (χ4n) is 2.70. The van der Waals surface area contributed by atoms with Gasteiger partial charge >= 0.3 is 0 Å². The third kappa shape index (κ3) is 2.71. The van der Waals surface area contributed by atoms with Gasteiger partial charge in [-0.1, -0.05) is 0 Å². The molecule has 1 fully saturated rings. The van der Waals surface area contributed by atoms with Gasteiger partial charge in [-0.2, -0.15) is 0 Å². The maximum atomic E-state index is 13.5. The molecular weight excluding hydrogens is 247 g/mol. The van der Waals surface area contributed by atoms with Gasteiger partial charge in [0.2, 0.25) is 5.91 Å². The van der Waals surface area contributed by atoms with Gasteiger partial charge in [-0.15, -0.1) is 0 Å². The Hall–Kier alpha value is -1.62. The van der Waals surface area contributed by atoms with Crippen molar-refractivity contribution < 1.29 is 13.9 Å². The van der Waals surface area contributed by atoms with Gasteiger partial charge in [0.25, 0.3) is 0 Å². The first-order valence-electron chi connectivity index (χ1n) is 6.37. The molecule has 0 aromatic heterocycles. The lowest BCUT2D eigenvalue weighted by atomic mass is 9.99. The number of rotatable bonds is 3. The molecule has 104 valence electrons. The second-order valence-corrected chi connectivity index (χ2v) is 4.91. The van der Waals surface area contributed by atoms with Gasteiger partial charge in [0.05, 0.1) is 13.2 Å². The van der Waals surface area contributed by atoms with Crippen molar-refractivity contribution in [3.8, 4) is 5.75 Å². The van der Waals surface area contributed by atoms with Crippen LogP contribution in [0.25, 0.3) is 0 Å². The molecule has 0 saturated carbocycles. The number of hydrogen-bond acceptors (Lipinski definition) is 3. The number of nitrogens with zero attached hydrogens (tertiary/aromatic N) is 1. The highest BCUT2D eigenvalue weighted by Gasteiger charge is 2.35. The second kappa shape index (κ2) is 5.57. The van der Waals surface area contributed by atoms with E-state index in [1.807, 2.05) is 0 Å². The van der Waals surface area contributed by atoms with Crippen molar-refractivity contribution in [3.63, 3.8) is 0 Å². The lowest BCUT2D eigenvalue weighted by molar-refractivity contribution is -0.129. The minimum atomic E-state index is -0.324. The minimum Gasteiger partial charge on any atom is -0.496 e. The molecule has 1 saturated heterocycles. The Morgan fingerprint density at radius 1 is 1.58 bits per heavy atom. The maximum Gasteiger partial charge on any atom is 0.219 e. The number of benzene rings is 1. The molecule has 2 N–H and O–H groups in total. The first-order chi connectivity index (χ1) is 9.06. The molecule has 1 aromatic rings. The van der Waals surface area contributed by atoms with E-state index in [1.54, 1.807) is 18.1 Å². The Labute approximate surface area is 112 Å². The normalized spacial score (nSPS) is 22.6. The molecule has 0 radical (unpaired) electrons. The number of ether oxygens (including phenoxy) is 1. The molecule has 1 aliphatic rings. The molecule has 2 unspecified atom stereocenters. The number of carbonyl (C=O) groups is 1. The molecule has 0 aliphatic carbocycles. The second-order valence-electron chi connectivity index (χ2n) is 4.91. The third-order valence-corrected chi connectivity index (χ3v) is 3.68. The fraction of sp³-hybridized carbons (Fsp3) is 0.500. The van der Waals surface area contributed by atoms with Crippen LogP contribution >= 0.6 is 0 Å². The number of likely N-dealkylation sites (tertiary alicyclic amines) is 1. The van der Waals surface area contributed by atoms with Gasteiger partial charge in [-0.25, -0.2) is 4.39 Å². The number of nitrogens with two attached hydrogens (primary N) is 1. The lowest BCUT2D eigenvalue weighted by Gasteiger charge is -2.25. The number of carbonyl (C=O) groups excluding carboxylic acids is 1. The Bertz CT molecular complexity index is 479. The Morgan fingerprint density at radius 3 is 2.89 bits per heavy atom. The zero-order chi connectivity index (χ0) is 14.0. The summed E-state index contributed by atoms with van der Waals surface area (Å²) in [4.78, 5) is 13.5. The number of methoxy groups -OCH3 is 1. The van der Waals surface area contributed by atoms with Crippen LogP contribution in [0.2, 0.25) is 0 Å². The van der Waals surface area contributed by atoms with Crippen LogP contribution in [0.4, 0.5) is 4.39 Å². The first-order valence-corrected chi connectivity index (χ1v) is 6.37. The van der Waals surface area contributed by atoms with Crippen molar-refractivity contribution in [2.45, 2.75) is 19.4 Å². The largest absolute Gasteiger partial charge is 0.496 e. The van der Waals surface area contributed by atoms with Crippen molar-refractivity contribution in [3.05, 3.63) is 29.6 Å². The quantitative estimate of drug-likeness (QED) is 0.906. The van der Waals surface area contributed by atoms with E-state index >= 15 is 0 Å². The number of hydrogen-bond donors (Lipinski definition) is 1.